The first-order chi connectivity index (χ1) is 9.28. The molecule has 0 unspecified atom stereocenters. The van der Waals surface area contributed by atoms with Crippen LogP contribution in [0.15, 0.2) is 21.9 Å². The molecule has 0 radical (unpaired) electrons. The van der Waals surface area contributed by atoms with Crippen molar-refractivity contribution >= 4 is 30.4 Å². The fraction of sp³-hybridized carbons (Fsp3) is 0.333. The minimum absolute atomic E-state index is 0.0457. The first-order valence-corrected chi connectivity index (χ1v) is 6.71. The van der Waals surface area contributed by atoms with E-state index in [1.54, 1.807) is 13.0 Å². The SMILES string of the molecule is CCOC(=O)Cc1ccc(SC(F)(F)F)c(S)c1C#N. The van der Waals surface area contributed by atoms with Crippen molar-refractivity contribution in [2.75, 3.05) is 6.61 Å². The molecule has 0 aliphatic rings. The maximum absolute atomic E-state index is 12.3. The van der Waals surface area contributed by atoms with E-state index in [0.29, 0.717) is 5.56 Å². The van der Waals surface area contributed by atoms with Crippen LogP contribution in [-0.4, -0.2) is 18.1 Å². The molecule has 0 atom stereocenters. The van der Waals surface area contributed by atoms with E-state index in [4.69, 9.17) is 10.00 Å². The highest BCUT2D eigenvalue weighted by Crippen LogP contribution is 2.41. The van der Waals surface area contributed by atoms with Gasteiger partial charge in [-0.15, -0.1) is 12.6 Å². The van der Waals surface area contributed by atoms with Crippen molar-refractivity contribution in [1.29, 1.82) is 5.26 Å². The minimum atomic E-state index is -4.47. The molecule has 0 aromatic heterocycles. The molecule has 0 saturated carbocycles. The highest BCUT2D eigenvalue weighted by molar-refractivity contribution is 8.00. The Morgan fingerprint density at radius 2 is 2.15 bits per heavy atom. The summed E-state index contributed by atoms with van der Waals surface area (Å²) in [6.07, 6.45) is -0.179. The van der Waals surface area contributed by atoms with Gasteiger partial charge in [0.25, 0.3) is 0 Å². The Hall–Kier alpha value is -1.33. The summed E-state index contributed by atoms with van der Waals surface area (Å²) in [6.45, 7) is 1.83. The van der Waals surface area contributed by atoms with E-state index in [-0.39, 0.29) is 40.1 Å². The lowest BCUT2D eigenvalue weighted by molar-refractivity contribution is -0.142. The number of carbonyl (C=O) groups excluding carboxylic acids is 1. The monoisotopic (exact) mass is 321 g/mol. The van der Waals surface area contributed by atoms with Crippen molar-refractivity contribution in [1.82, 2.24) is 0 Å². The number of thioether (sulfide) groups is 1. The Morgan fingerprint density at radius 3 is 2.65 bits per heavy atom. The van der Waals surface area contributed by atoms with Gasteiger partial charge >= 0.3 is 11.5 Å². The average molecular weight is 321 g/mol. The molecule has 3 nitrogen and oxygen atoms in total. The zero-order chi connectivity index (χ0) is 15.3. The fourth-order valence-corrected chi connectivity index (χ4v) is 2.45. The maximum Gasteiger partial charge on any atom is 0.446 e. The number of nitrogens with zero attached hydrogens (tertiary/aromatic N) is 1. The molecule has 0 heterocycles. The average Bonchev–Trinajstić information content (AvgIpc) is 2.32. The van der Waals surface area contributed by atoms with Gasteiger partial charge in [0, 0.05) is 9.79 Å². The maximum atomic E-state index is 12.3. The van der Waals surface area contributed by atoms with E-state index < -0.39 is 11.5 Å². The van der Waals surface area contributed by atoms with Crippen LogP contribution in [0.1, 0.15) is 18.1 Å². The molecule has 0 aliphatic heterocycles. The zero-order valence-electron chi connectivity index (χ0n) is 10.3. The Morgan fingerprint density at radius 1 is 1.50 bits per heavy atom. The standard InChI is InChI=1S/C12H10F3NO2S2/c1-2-18-10(17)5-7-3-4-9(20-12(13,14)15)11(19)8(7)6-16/h3-4,19H,2,5H2,1H3. The third-order valence-electron chi connectivity index (χ3n) is 2.20. The molecule has 20 heavy (non-hydrogen) atoms. The largest absolute Gasteiger partial charge is 0.466 e. The van der Waals surface area contributed by atoms with E-state index in [1.165, 1.54) is 12.1 Å². The van der Waals surface area contributed by atoms with Gasteiger partial charge in [0.2, 0.25) is 0 Å². The van der Waals surface area contributed by atoms with Crippen molar-refractivity contribution in [3.8, 4) is 6.07 Å². The molecule has 0 spiro atoms. The number of esters is 1. The molecule has 1 aromatic rings. The predicted molar refractivity (Wildman–Crippen MR) is 70.7 cm³/mol. The van der Waals surface area contributed by atoms with Crippen molar-refractivity contribution in [2.24, 2.45) is 0 Å². The number of nitriles is 1. The minimum Gasteiger partial charge on any atom is -0.466 e. The number of alkyl halides is 3. The molecule has 1 aromatic carbocycles. The number of hydrogen-bond acceptors (Lipinski definition) is 5. The number of thiol groups is 1. The van der Waals surface area contributed by atoms with Crippen LogP contribution in [0.2, 0.25) is 0 Å². The van der Waals surface area contributed by atoms with Crippen LogP contribution in [0.25, 0.3) is 0 Å². The van der Waals surface area contributed by atoms with Gasteiger partial charge in [0.05, 0.1) is 18.6 Å². The molecule has 0 bridgehead atoms. The van der Waals surface area contributed by atoms with Crippen molar-refractivity contribution in [3.05, 3.63) is 23.3 Å². The van der Waals surface area contributed by atoms with Crippen LogP contribution in [0, 0.1) is 11.3 Å². The third kappa shape index (κ3) is 4.65. The number of halogens is 3. The van der Waals surface area contributed by atoms with Crippen molar-refractivity contribution in [3.63, 3.8) is 0 Å². The van der Waals surface area contributed by atoms with Gasteiger partial charge in [-0.25, -0.2) is 0 Å². The normalized spacial score (nSPS) is 11.0. The molecule has 0 saturated heterocycles. The number of benzene rings is 1. The van der Waals surface area contributed by atoms with E-state index in [1.807, 2.05) is 0 Å². The summed E-state index contributed by atoms with van der Waals surface area (Å²) >= 11 is 3.60. The first kappa shape index (κ1) is 16.7. The lowest BCUT2D eigenvalue weighted by atomic mass is 10.1. The Labute approximate surface area is 123 Å². The highest BCUT2D eigenvalue weighted by Gasteiger charge is 2.31. The summed E-state index contributed by atoms with van der Waals surface area (Å²) in [6, 6.07) is 4.27. The summed E-state index contributed by atoms with van der Waals surface area (Å²) in [7, 11) is 0. The summed E-state index contributed by atoms with van der Waals surface area (Å²) in [5.41, 5.74) is -4.22. The summed E-state index contributed by atoms with van der Waals surface area (Å²) in [5, 5.41) is 9.02. The second-order valence-electron chi connectivity index (χ2n) is 3.59. The van der Waals surface area contributed by atoms with Crippen LogP contribution >= 0.6 is 24.4 Å². The van der Waals surface area contributed by atoms with E-state index in [9.17, 15) is 18.0 Å². The van der Waals surface area contributed by atoms with E-state index in [2.05, 4.69) is 12.6 Å². The van der Waals surface area contributed by atoms with Crippen LogP contribution in [-0.2, 0) is 16.0 Å². The second kappa shape index (κ2) is 6.90. The van der Waals surface area contributed by atoms with Gasteiger partial charge in [-0.3, -0.25) is 4.79 Å². The van der Waals surface area contributed by atoms with Crippen molar-refractivity contribution < 1.29 is 22.7 Å². The number of carbonyl (C=O) groups is 1. The lowest BCUT2D eigenvalue weighted by Crippen LogP contribution is -2.09. The molecule has 1 rings (SSSR count). The molecule has 0 aliphatic carbocycles. The Bertz CT molecular complexity index is 553. The topological polar surface area (TPSA) is 50.1 Å². The molecule has 0 N–H and O–H groups in total. The molecular formula is C12H10F3NO2S2. The van der Waals surface area contributed by atoms with Crippen LogP contribution in [0.5, 0.6) is 0 Å². The Kier molecular flexibility index (Phi) is 5.77. The predicted octanol–water partition coefficient (Wildman–Crippen LogP) is 3.56. The smallest absolute Gasteiger partial charge is 0.446 e. The molecule has 8 heteroatoms. The number of hydrogen-bond donors (Lipinski definition) is 1. The van der Waals surface area contributed by atoms with Gasteiger partial charge < -0.3 is 4.74 Å². The van der Waals surface area contributed by atoms with E-state index >= 15 is 0 Å². The van der Waals surface area contributed by atoms with Gasteiger partial charge in [-0.05, 0) is 30.3 Å². The first-order valence-electron chi connectivity index (χ1n) is 5.44. The van der Waals surface area contributed by atoms with Gasteiger partial charge in [-0.1, -0.05) is 6.07 Å². The Balaban J connectivity index is 3.09. The second-order valence-corrected chi connectivity index (χ2v) is 5.14. The molecule has 0 amide bonds. The fourth-order valence-electron chi connectivity index (χ4n) is 1.46. The zero-order valence-corrected chi connectivity index (χ0v) is 12.0. The third-order valence-corrected chi connectivity index (χ3v) is 3.61. The molecular weight excluding hydrogens is 311 g/mol. The lowest BCUT2D eigenvalue weighted by Gasteiger charge is -2.12. The van der Waals surface area contributed by atoms with E-state index in [0.717, 1.165) is 0 Å². The van der Waals surface area contributed by atoms with Gasteiger partial charge in [0.1, 0.15) is 6.07 Å². The highest BCUT2D eigenvalue weighted by atomic mass is 32.2. The summed E-state index contributed by atoms with van der Waals surface area (Å²) < 4.78 is 41.8. The number of rotatable bonds is 4. The number of ether oxygens (including phenoxy) is 1. The van der Waals surface area contributed by atoms with Crippen molar-refractivity contribution in [2.45, 2.75) is 28.6 Å². The van der Waals surface area contributed by atoms with Crippen LogP contribution in [0.4, 0.5) is 13.2 Å². The van der Waals surface area contributed by atoms with Gasteiger partial charge in [-0.2, -0.15) is 18.4 Å². The molecule has 108 valence electrons. The van der Waals surface area contributed by atoms with Gasteiger partial charge in [0.15, 0.2) is 0 Å². The summed E-state index contributed by atoms with van der Waals surface area (Å²) in [4.78, 5) is 11.1. The quantitative estimate of drug-likeness (QED) is 0.523. The summed E-state index contributed by atoms with van der Waals surface area (Å²) in [5.74, 6) is -0.548. The van der Waals surface area contributed by atoms with Crippen LogP contribution in [0.3, 0.4) is 0 Å². The molecule has 0 fully saturated rings. The van der Waals surface area contributed by atoms with Crippen LogP contribution < -0.4 is 0 Å².